The summed E-state index contributed by atoms with van der Waals surface area (Å²) in [7, 11) is 0. The molecule has 128 valence electrons. The van der Waals surface area contributed by atoms with Gasteiger partial charge in [-0.15, -0.1) is 0 Å². The summed E-state index contributed by atoms with van der Waals surface area (Å²) in [4.78, 5) is 2.71. The number of likely N-dealkylation sites (tertiary alicyclic amines) is 1. The Morgan fingerprint density at radius 3 is 2.30 bits per heavy atom. The fourth-order valence-electron chi connectivity index (χ4n) is 4.15. The molecule has 0 aromatic heterocycles. The number of benzene rings is 1. The molecule has 3 rings (SSSR count). The van der Waals surface area contributed by atoms with E-state index in [0.29, 0.717) is 0 Å². The lowest BCUT2D eigenvalue weighted by atomic mass is 9.83. The van der Waals surface area contributed by atoms with E-state index in [1.165, 1.54) is 64.0 Å². The van der Waals surface area contributed by atoms with E-state index in [4.69, 9.17) is 0 Å². The highest BCUT2D eigenvalue weighted by Gasteiger charge is 2.24. The maximum Gasteiger partial charge on any atom is 0.00218 e. The Balaban J connectivity index is 1.50. The molecule has 2 aliphatic heterocycles. The molecule has 0 radical (unpaired) electrons. The first-order valence-corrected chi connectivity index (χ1v) is 9.56. The standard InChI is InChI=1S/C21H34N2/c1-21(2,3)20-8-6-18(7-9-20)19-10-13-23(14-11-19)16-17-5-4-12-22-15-17/h6-9,17,19,22H,4-5,10-16H2,1-3H3. The van der Waals surface area contributed by atoms with Crippen molar-refractivity contribution in [2.24, 2.45) is 5.92 Å². The predicted octanol–water partition coefficient (Wildman–Crippen LogP) is 4.16. The average molecular weight is 315 g/mol. The highest BCUT2D eigenvalue weighted by molar-refractivity contribution is 5.29. The molecule has 2 heteroatoms. The molecule has 1 aromatic carbocycles. The van der Waals surface area contributed by atoms with Crippen LogP contribution in [-0.2, 0) is 5.41 Å². The molecular formula is C21H34N2. The summed E-state index contributed by atoms with van der Waals surface area (Å²) >= 11 is 0. The van der Waals surface area contributed by atoms with Gasteiger partial charge in [-0.3, -0.25) is 0 Å². The SMILES string of the molecule is CC(C)(C)c1ccc(C2CCN(CC3CCCNC3)CC2)cc1. The van der Waals surface area contributed by atoms with Crippen molar-refractivity contribution in [1.29, 1.82) is 0 Å². The first kappa shape index (κ1) is 17.0. The van der Waals surface area contributed by atoms with Crippen LogP contribution in [0.25, 0.3) is 0 Å². The maximum absolute atomic E-state index is 3.55. The van der Waals surface area contributed by atoms with Gasteiger partial charge in [-0.25, -0.2) is 0 Å². The monoisotopic (exact) mass is 314 g/mol. The zero-order chi connectivity index (χ0) is 16.3. The van der Waals surface area contributed by atoms with Crippen molar-refractivity contribution in [3.8, 4) is 0 Å². The van der Waals surface area contributed by atoms with Crippen molar-refractivity contribution in [3.05, 3.63) is 35.4 Å². The van der Waals surface area contributed by atoms with Gasteiger partial charge < -0.3 is 10.2 Å². The van der Waals surface area contributed by atoms with Gasteiger partial charge in [0.15, 0.2) is 0 Å². The van der Waals surface area contributed by atoms with Gasteiger partial charge in [0.1, 0.15) is 0 Å². The average Bonchev–Trinajstić information content (AvgIpc) is 2.56. The number of nitrogens with zero attached hydrogens (tertiary/aromatic N) is 1. The molecule has 2 heterocycles. The third-order valence-electron chi connectivity index (χ3n) is 5.75. The van der Waals surface area contributed by atoms with E-state index >= 15 is 0 Å². The van der Waals surface area contributed by atoms with E-state index in [9.17, 15) is 0 Å². The zero-order valence-electron chi connectivity index (χ0n) is 15.3. The van der Waals surface area contributed by atoms with Crippen LogP contribution in [0.15, 0.2) is 24.3 Å². The summed E-state index contributed by atoms with van der Waals surface area (Å²) in [5.74, 6) is 1.65. The molecule has 23 heavy (non-hydrogen) atoms. The van der Waals surface area contributed by atoms with Crippen molar-refractivity contribution in [3.63, 3.8) is 0 Å². The third-order valence-corrected chi connectivity index (χ3v) is 5.75. The Labute approximate surface area is 142 Å². The molecule has 0 aliphatic carbocycles. The second-order valence-electron chi connectivity index (χ2n) is 8.66. The van der Waals surface area contributed by atoms with E-state index in [-0.39, 0.29) is 5.41 Å². The van der Waals surface area contributed by atoms with Crippen LogP contribution in [0.3, 0.4) is 0 Å². The quantitative estimate of drug-likeness (QED) is 0.901. The molecule has 1 unspecified atom stereocenters. The fourth-order valence-corrected chi connectivity index (χ4v) is 4.15. The van der Waals surface area contributed by atoms with Crippen molar-refractivity contribution in [2.45, 2.75) is 57.8 Å². The second kappa shape index (κ2) is 7.36. The van der Waals surface area contributed by atoms with E-state index in [1.807, 2.05) is 0 Å². The lowest BCUT2D eigenvalue weighted by Gasteiger charge is -2.35. The van der Waals surface area contributed by atoms with Crippen LogP contribution in [0.5, 0.6) is 0 Å². The van der Waals surface area contributed by atoms with Crippen LogP contribution in [-0.4, -0.2) is 37.6 Å². The molecule has 1 N–H and O–H groups in total. The number of piperidine rings is 2. The molecule has 0 amide bonds. The second-order valence-corrected chi connectivity index (χ2v) is 8.66. The molecular weight excluding hydrogens is 280 g/mol. The van der Waals surface area contributed by atoms with E-state index in [1.54, 1.807) is 5.56 Å². The Hall–Kier alpha value is -0.860. The summed E-state index contributed by atoms with van der Waals surface area (Å²) in [6.07, 6.45) is 5.44. The van der Waals surface area contributed by atoms with Crippen molar-refractivity contribution in [1.82, 2.24) is 10.2 Å². The molecule has 0 saturated carbocycles. The summed E-state index contributed by atoms with van der Waals surface area (Å²) < 4.78 is 0. The zero-order valence-corrected chi connectivity index (χ0v) is 15.3. The maximum atomic E-state index is 3.55. The van der Waals surface area contributed by atoms with Crippen LogP contribution in [0.2, 0.25) is 0 Å². The van der Waals surface area contributed by atoms with Gasteiger partial charge in [-0.1, -0.05) is 45.0 Å². The van der Waals surface area contributed by atoms with Gasteiger partial charge >= 0.3 is 0 Å². The molecule has 2 fully saturated rings. The van der Waals surface area contributed by atoms with E-state index in [0.717, 1.165) is 11.8 Å². The van der Waals surface area contributed by atoms with E-state index < -0.39 is 0 Å². The summed E-state index contributed by atoms with van der Waals surface area (Å²) in [5.41, 5.74) is 3.26. The smallest absolute Gasteiger partial charge is 0.00218 e. The fraction of sp³-hybridized carbons (Fsp3) is 0.714. The molecule has 0 spiro atoms. The third kappa shape index (κ3) is 4.58. The van der Waals surface area contributed by atoms with Crippen LogP contribution < -0.4 is 5.32 Å². The van der Waals surface area contributed by atoms with Crippen LogP contribution in [0.4, 0.5) is 0 Å². The minimum atomic E-state index is 0.260. The summed E-state index contributed by atoms with van der Waals surface area (Å²) in [6, 6.07) is 9.45. The Bertz CT molecular complexity index is 472. The number of rotatable bonds is 3. The Morgan fingerprint density at radius 1 is 1.04 bits per heavy atom. The van der Waals surface area contributed by atoms with E-state index in [2.05, 4.69) is 55.3 Å². The van der Waals surface area contributed by atoms with Gasteiger partial charge in [-0.2, -0.15) is 0 Å². The van der Waals surface area contributed by atoms with Crippen molar-refractivity contribution >= 4 is 0 Å². The highest BCUT2D eigenvalue weighted by atomic mass is 15.1. The molecule has 2 nitrogen and oxygen atoms in total. The first-order chi connectivity index (χ1) is 11.0. The molecule has 2 aliphatic rings. The topological polar surface area (TPSA) is 15.3 Å². The van der Waals surface area contributed by atoms with Gasteiger partial charge in [0.05, 0.1) is 0 Å². The van der Waals surface area contributed by atoms with Crippen LogP contribution in [0, 0.1) is 5.92 Å². The lowest BCUT2D eigenvalue weighted by Crippen LogP contribution is -2.41. The van der Waals surface area contributed by atoms with Gasteiger partial charge in [0.25, 0.3) is 0 Å². The number of hydrogen-bond donors (Lipinski definition) is 1. The molecule has 2 saturated heterocycles. The summed E-state index contributed by atoms with van der Waals surface area (Å²) in [5, 5.41) is 3.55. The number of hydrogen-bond acceptors (Lipinski definition) is 2. The van der Waals surface area contributed by atoms with Gasteiger partial charge in [0.2, 0.25) is 0 Å². The first-order valence-electron chi connectivity index (χ1n) is 9.56. The molecule has 1 aromatic rings. The predicted molar refractivity (Wildman–Crippen MR) is 99.2 cm³/mol. The number of nitrogens with one attached hydrogen (secondary N) is 1. The normalized spacial score (nSPS) is 24.7. The van der Waals surface area contributed by atoms with Gasteiger partial charge in [-0.05, 0) is 80.2 Å². The van der Waals surface area contributed by atoms with Crippen molar-refractivity contribution in [2.75, 3.05) is 32.7 Å². The van der Waals surface area contributed by atoms with Crippen LogP contribution in [0.1, 0.15) is 63.5 Å². The molecule has 0 bridgehead atoms. The van der Waals surface area contributed by atoms with Gasteiger partial charge in [0, 0.05) is 6.54 Å². The lowest BCUT2D eigenvalue weighted by molar-refractivity contribution is 0.169. The Morgan fingerprint density at radius 2 is 1.74 bits per heavy atom. The Kier molecular flexibility index (Phi) is 5.43. The highest BCUT2D eigenvalue weighted by Crippen LogP contribution is 2.30. The minimum absolute atomic E-state index is 0.260. The van der Waals surface area contributed by atoms with Crippen LogP contribution >= 0.6 is 0 Å². The molecule has 1 atom stereocenters. The summed E-state index contributed by atoms with van der Waals surface area (Å²) in [6.45, 7) is 13.2. The largest absolute Gasteiger partial charge is 0.316 e. The van der Waals surface area contributed by atoms with Crippen molar-refractivity contribution < 1.29 is 0 Å². The minimum Gasteiger partial charge on any atom is -0.316 e.